The van der Waals surface area contributed by atoms with Gasteiger partial charge in [0.1, 0.15) is 5.82 Å². The Kier molecular flexibility index (Phi) is 3.85. The summed E-state index contributed by atoms with van der Waals surface area (Å²) in [7, 11) is 0. The molecule has 0 bridgehead atoms. The number of pyridine rings is 1. The van der Waals surface area contributed by atoms with E-state index in [0.29, 0.717) is 24.8 Å². The van der Waals surface area contributed by atoms with Crippen molar-refractivity contribution in [2.45, 2.75) is 12.8 Å². The number of rotatable bonds is 2. The molecule has 1 saturated heterocycles. The summed E-state index contributed by atoms with van der Waals surface area (Å²) in [6.07, 6.45) is 1.12. The Morgan fingerprint density at radius 3 is 2.83 bits per heavy atom. The number of nitrogens with one attached hydrogen (secondary N) is 1. The lowest BCUT2D eigenvalue weighted by atomic mass is 9.97. The second-order valence-electron chi connectivity index (χ2n) is 5.67. The number of carbonyl (C=O) groups excluding carboxylic acids is 1. The van der Waals surface area contributed by atoms with Crippen molar-refractivity contribution in [3.63, 3.8) is 0 Å². The molecule has 1 fully saturated rings. The summed E-state index contributed by atoms with van der Waals surface area (Å²) in [5.41, 5.74) is -0.0966. The zero-order valence-electron chi connectivity index (χ0n) is 12.2. The van der Waals surface area contributed by atoms with Crippen LogP contribution in [0.1, 0.15) is 23.2 Å². The molecule has 3 rings (SSSR count). The number of aromatic amines is 1. The standard InChI is InChI=1S/C16H15FN2O4/c17-10-3-4-11-12(7-14(20)18-13(11)6-10)15(21)19-5-1-2-9(8-19)16(22)23/h3-4,6-7,9H,1-2,5,8H2,(H,18,20)(H,22,23)/t9-/m0/s1. The Labute approximate surface area is 130 Å². The summed E-state index contributed by atoms with van der Waals surface area (Å²) in [6, 6.07) is 4.98. The number of aromatic nitrogens is 1. The molecule has 6 nitrogen and oxygen atoms in total. The van der Waals surface area contributed by atoms with Crippen LogP contribution in [0.4, 0.5) is 4.39 Å². The second-order valence-corrected chi connectivity index (χ2v) is 5.67. The first-order valence-corrected chi connectivity index (χ1v) is 7.30. The predicted molar refractivity (Wildman–Crippen MR) is 80.8 cm³/mol. The normalized spacial score (nSPS) is 18.1. The van der Waals surface area contributed by atoms with Crippen molar-refractivity contribution in [3.8, 4) is 0 Å². The van der Waals surface area contributed by atoms with Gasteiger partial charge >= 0.3 is 5.97 Å². The molecule has 0 unspecified atom stereocenters. The molecular weight excluding hydrogens is 303 g/mol. The number of carboxylic acids is 1. The molecule has 2 heterocycles. The lowest BCUT2D eigenvalue weighted by molar-refractivity contribution is -0.143. The smallest absolute Gasteiger partial charge is 0.308 e. The van der Waals surface area contributed by atoms with Crippen molar-refractivity contribution in [1.82, 2.24) is 9.88 Å². The summed E-state index contributed by atoms with van der Waals surface area (Å²) < 4.78 is 13.3. The van der Waals surface area contributed by atoms with E-state index in [1.165, 1.54) is 23.1 Å². The van der Waals surface area contributed by atoms with Crippen LogP contribution in [0.2, 0.25) is 0 Å². The Bertz CT molecular complexity index is 846. The van der Waals surface area contributed by atoms with Crippen molar-refractivity contribution in [3.05, 3.63) is 46.0 Å². The van der Waals surface area contributed by atoms with Gasteiger partial charge < -0.3 is 15.0 Å². The molecule has 2 N–H and O–H groups in total. The monoisotopic (exact) mass is 318 g/mol. The molecule has 1 aromatic carbocycles. The fourth-order valence-corrected chi connectivity index (χ4v) is 2.94. The lowest BCUT2D eigenvalue weighted by Gasteiger charge is -2.31. The molecule has 0 saturated carbocycles. The first-order valence-electron chi connectivity index (χ1n) is 7.30. The third-order valence-corrected chi connectivity index (χ3v) is 4.09. The van der Waals surface area contributed by atoms with Crippen LogP contribution in [-0.2, 0) is 4.79 Å². The van der Waals surface area contributed by atoms with Gasteiger partial charge in [0.25, 0.3) is 5.91 Å². The molecule has 120 valence electrons. The number of hydrogen-bond donors (Lipinski definition) is 2. The summed E-state index contributed by atoms with van der Waals surface area (Å²) in [5.74, 6) is -2.45. The molecule has 2 aromatic rings. The number of likely N-dealkylation sites (tertiary alicyclic amines) is 1. The highest BCUT2D eigenvalue weighted by Crippen LogP contribution is 2.22. The molecule has 23 heavy (non-hydrogen) atoms. The summed E-state index contributed by atoms with van der Waals surface area (Å²) in [4.78, 5) is 39.5. The van der Waals surface area contributed by atoms with Crippen LogP contribution < -0.4 is 5.56 Å². The van der Waals surface area contributed by atoms with E-state index < -0.39 is 29.2 Å². The predicted octanol–water partition coefficient (Wildman–Crippen LogP) is 1.60. The fourth-order valence-electron chi connectivity index (χ4n) is 2.94. The number of carboxylic acid groups (broad SMARTS) is 1. The van der Waals surface area contributed by atoms with Crippen LogP contribution in [0, 0.1) is 11.7 Å². The molecule has 0 radical (unpaired) electrons. The van der Waals surface area contributed by atoms with E-state index in [1.54, 1.807) is 0 Å². The van der Waals surface area contributed by atoms with E-state index in [2.05, 4.69) is 4.98 Å². The summed E-state index contributed by atoms with van der Waals surface area (Å²) >= 11 is 0. The number of carbonyl (C=O) groups is 2. The molecule has 7 heteroatoms. The zero-order valence-corrected chi connectivity index (χ0v) is 12.2. The second kappa shape index (κ2) is 5.83. The van der Waals surface area contributed by atoms with E-state index in [-0.39, 0.29) is 17.6 Å². The minimum Gasteiger partial charge on any atom is -0.481 e. The first kappa shape index (κ1) is 15.2. The Balaban J connectivity index is 2.00. The maximum Gasteiger partial charge on any atom is 0.308 e. The van der Waals surface area contributed by atoms with Gasteiger partial charge in [0.2, 0.25) is 5.56 Å². The summed E-state index contributed by atoms with van der Waals surface area (Å²) in [5, 5.41) is 9.56. The van der Waals surface area contributed by atoms with Crippen LogP contribution in [0.15, 0.2) is 29.1 Å². The number of halogens is 1. The third-order valence-electron chi connectivity index (χ3n) is 4.09. The van der Waals surface area contributed by atoms with Crippen LogP contribution >= 0.6 is 0 Å². The maximum absolute atomic E-state index is 13.3. The van der Waals surface area contributed by atoms with Gasteiger partial charge in [0.05, 0.1) is 17.0 Å². The largest absolute Gasteiger partial charge is 0.481 e. The number of aliphatic carboxylic acids is 1. The van der Waals surface area contributed by atoms with E-state index in [0.717, 1.165) is 6.07 Å². The van der Waals surface area contributed by atoms with Crippen molar-refractivity contribution < 1.29 is 19.1 Å². The Morgan fingerprint density at radius 1 is 1.30 bits per heavy atom. The molecule has 1 aromatic heterocycles. The quantitative estimate of drug-likeness (QED) is 0.880. The molecule has 1 aliphatic rings. The average Bonchev–Trinajstić information content (AvgIpc) is 2.53. The molecule has 1 aliphatic heterocycles. The number of H-pyrrole nitrogens is 1. The first-order chi connectivity index (χ1) is 11.0. The molecule has 0 spiro atoms. The van der Waals surface area contributed by atoms with Gasteiger partial charge in [-0.3, -0.25) is 14.4 Å². The maximum atomic E-state index is 13.3. The minimum absolute atomic E-state index is 0.115. The van der Waals surface area contributed by atoms with Crippen molar-refractivity contribution >= 4 is 22.8 Å². The molecule has 0 aliphatic carbocycles. The zero-order chi connectivity index (χ0) is 16.6. The lowest BCUT2D eigenvalue weighted by Crippen LogP contribution is -2.42. The van der Waals surface area contributed by atoms with Gasteiger partial charge in [-0.2, -0.15) is 0 Å². The van der Waals surface area contributed by atoms with Crippen LogP contribution in [0.25, 0.3) is 10.9 Å². The van der Waals surface area contributed by atoms with Gasteiger partial charge in [-0.25, -0.2) is 4.39 Å². The van der Waals surface area contributed by atoms with E-state index in [4.69, 9.17) is 5.11 Å². The summed E-state index contributed by atoms with van der Waals surface area (Å²) in [6.45, 7) is 0.557. The van der Waals surface area contributed by atoms with Gasteiger partial charge in [-0.15, -0.1) is 0 Å². The Morgan fingerprint density at radius 2 is 2.09 bits per heavy atom. The highest BCUT2D eigenvalue weighted by molar-refractivity contribution is 6.06. The highest BCUT2D eigenvalue weighted by Gasteiger charge is 2.29. The van der Waals surface area contributed by atoms with E-state index in [1.807, 2.05) is 0 Å². The molecular formula is C16H15FN2O4. The Hall–Kier alpha value is -2.70. The van der Waals surface area contributed by atoms with Crippen molar-refractivity contribution in [1.29, 1.82) is 0 Å². The van der Waals surface area contributed by atoms with Crippen LogP contribution in [0.3, 0.4) is 0 Å². The van der Waals surface area contributed by atoms with Crippen LogP contribution in [-0.4, -0.2) is 40.0 Å². The SMILES string of the molecule is O=C(O)[C@H]1CCCN(C(=O)c2cc(=O)[nH]c3cc(F)ccc23)C1. The third kappa shape index (κ3) is 2.94. The van der Waals surface area contributed by atoms with Crippen molar-refractivity contribution in [2.75, 3.05) is 13.1 Å². The fraction of sp³-hybridized carbons (Fsp3) is 0.312. The topological polar surface area (TPSA) is 90.5 Å². The number of hydrogen-bond acceptors (Lipinski definition) is 3. The van der Waals surface area contributed by atoms with Crippen LogP contribution in [0.5, 0.6) is 0 Å². The average molecular weight is 318 g/mol. The highest BCUT2D eigenvalue weighted by atomic mass is 19.1. The van der Waals surface area contributed by atoms with E-state index in [9.17, 15) is 18.8 Å². The minimum atomic E-state index is -0.930. The molecule has 1 amide bonds. The number of nitrogens with zero attached hydrogens (tertiary/aromatic N) is 1. The van der Waals surface area contributed by atoms with Crippen molar-refractivity contribution in [2.24, 2.45) is 5.92 Å². The van der Waals surface area contributed by atoms with E-state index >= 15 is 0 Å². The number of fused-ring (bicyclic) bond motifs is 1. The molecule has 1 atom stereocenters. The van der Waals surface area contributed by atoms with Gasteiger partial charge in [0, 0.05) is 24.5 Å². The number of piperidine rings is 1. The number of benzene rings is 1. The van der Waals surface area contributed by atoms with Gasteiger partial charge in [0.15, 0.2) is 0 Å². The van der Waals surface area contributed by atoms with Gasteiger partial charge in [-0.1, -0.05) is 0 Å². The van der Waals surface area contributed by atoms with Gasteiger partial charge in [-0.05, 0) is 31.0 Å². The number of amides is 1.